The molecule has 0 radical (unpaired) electrons. The Labute approximate surface area is 386 Å². The van der Waals surface area contributed by atoms with Crippen LogP contribution in [0.3, 0.4) is 0 Å². The van der Waals surface area contributed by atoms with Gasteiger partial charge >= 0.3 is 5.97 Å². The van der Waals surface area contributed by atoms with Crippen LogP contribution in [-0.4, -0.2) is 94.1 Å². The van der Waals surface area contributed by atoms with Gasteiger partial charge in [-0.15, -0.1) is 0 Å². The summed E-state index contributed by atoms with van der Waals surface area (Å²) in [5.74, 6) is -4.37. The molecule has 2 bridgehead atoms. The van der Waals surface area contributed by atoms with Crippen molar-refractivity contribution in [1.82, 2.24) is 0 Å². The Bertz CT molecular complexity index is 2440. The van der Waals surface area contributed by atoms with Gasteiger partial charge in [0.05, 0.1) is 24.9 Å². The number of allylic oxidation sites excluding steroid dienone is 5. The quantitative estimate of drug-likeness (QED) is 0.108. The molecule has 6 unspecified atom stereocenters. The van der Waals surface area contributed by atoms with E-state index in [0.29, 0.717) is 35.3 Å². The number of nitriles is 1. The second-order valence-electron chi connectivity index (χ2n) is 20.3. The van der Waals surface area contributed by atoms with E-state index in [1.165, 1.54) is 13.2 Å². The Hall–Kier alpha value is -4.95. The largest absolute Gasteiger partial charge is 0.482 e. The maximum atomic E-state index is 15.2. The molecule has 0 amide bonds. The number of carbonyl (C=O) groups is 2. The first-order valence-electron chi connectivity index (χ1n) is 22.9. The van der Waals surface area contributed by atoms with E-state index in [1.54, 1.807) is 20.8 Å². The Balaban J connectivity index is 1.43. The molecule has 1 aromatic rings. The molecule has 66 heavy (non-hydrogen) atoms. The zero-order valence-corrected chi connectivity index (χ0v) is 39.8. The molecule has 5 aliphatic heterocycles. The third-order valence-electron chi connectivity index (χ3n) is 14.4. The van der Waals surface area contributed by atoms with E-state index in [1.807, 2.05) is 66.7 Å². The fourth-order valence-electron chi connectivity index (χ4n) is 11.0. The van der Waals surface area contributed by atoms with Gasteiger partial charge < -0.3 is 58.9 Å². The van der Waals surface area contributed by atoms with E-state index in [0.717, 1.165) is 11.1 Å². The molecule has 5 N–H and O–H groups in total. The number of aliphatic hydroxyl groups excluding tert-OH is 2. The van der Waals surface area contributed by atoms with Crippen molar-refractivity contribution in [1.29, 1.82) is 5.26 Å². The summed E-state index contributed by atoms with van der Waals surface area (Å²) < 4.78 is 51.6. The van der Waals surface area contributed by atoms with Gasteiger partial charge in [0, 0.05) is 40.9 Å². The number of hydrogen-bond acceptors (Lipinski definition) is 15. The number of nitrogens with zero attached hydrogens (tertiary/aromatic N) is 1. The van der Waals surface area contributed by atoms with E-state index < -0.39 is 82.8 Å². The SMILES string of the molecule is COC(=O)/C(C)=C\CC1(O)C(=O)C2CC(C(C)C)C13Oc1c(CC=C(C)C)c4c(c(O[C@H]5O[C@H]6COC(C)(C)O[C@@H]6[C@@H](O)[C@@H]5O)c1C1=C3C2C(C#N)=C(N)O1)C=CC(C)(CCC=C(C)C)O4. The van der Waals surface area contributed by atoms with Crippen LogP contribution >= 0.6 is 0 Å². The number of methoxy groups -OCH3 is 1. The van der Waals surface area contributed by atoms with Crippen molar-refractivity contribution in [2.24, 2.45) is 29.4 Å². The molecule has 3 saturated carbocycles. The van der Waals surface area contributed by atoms with Crippen LogP contribution < -0.4 is 19.9 Å². The molecule has 3 aliphatic carbocycles. The second kappa shape index (κ2) is 17.0. The van der Waals surface area contributed by atoms with E-state index in [2.05, 4.69) is 12.1 Å². The molecule has 356 valence electrons. The molecule has 9 rings (SSSR count). The van der Waals surface area contributed by atoms with Gasteiger partial charge in [0.25, 0.3) is 0 Å². The standard InChI is InChI=1S/C51H64N2O13/c1-24(2)13-12-18-49(10)19-17-29-39(65-49)28(15-14-25(3)4)41-35(40(29)63-47-38(55)37(54)42-33(61-47)23-60-48(8,9)64-42)43-36-34(31(22-52)45(53)62-43)30-21-32(26(5)6)51(36,66-41)50(58,44(30)56)20-16-27(7)46(57)59-11/h13-14,16-17,19,26,30,32-34,37-38,42,47,54-55,58H,12,15,18,20-21,23,53H2,1-11H3/b27-16-/t30?,32?,33-,34?,37-,38-,42-,47+,49?,50?,51?/m0/s1. The van der Waals surface area contributed by atoms with Crippen LogP contribution in [0.4, 0.5) is 0 Å². The van der Waals surface area contributed by atoms with Crippen LogP contribution in [0, 0.1) is 35.0 Å². The van der Waals surface area contributed by atoms with Crippen LogP contribution in [0.2, 0.25) is 0 Å². The first-order valence-corrected chi connectivity index (χ1v) is 22.9. The smallest absolute Gasteiger partial charge is 0.333 e. The molecule has 11 atom stereocenters. The summed E-state index contributed by atoms with van der Waals surface area (Å²) in [5.41, 5.74) is 5.59. The molecule has 15 nitrogen and oxygen atoms in total. The van der Waals surface area contributed by atoms with Crippen LogP contribution in [-0.2, 0) is 39.7 Å². The van der Waals surface area contributed by atoms with E-state index in [-0.39, 0.29) is 71.6 Å². The molecular formula is C51H64N2O13. The number of ketones is 1. The average molecular weight is 913 g/mol. The lowest BCUT2D eigenvalue weighted by Gasteiger charge is -2.65. The van der Waals surface area contributed by atoms with Crippen LogP contribution in [0.15, 0.2) is 58.1 Å². The maximum absolute atomic E-state index is 15.2. The zero-order chi connectivity index (χ0) is 48.0. The number of ether oxygens (including phenoxy) is 8. The van der Waals surface area contributed by atoms with Crippen LogP contribution in [0.25, 0.3) is 11.8 Å². The number of hydrogen-bond donors (Lipinski definition) is 4. The van der Waals surface area contributed by atoms with Gasteiger partial charge in [-0.1, -0.05) is 43.2 Å². The highest BCUT2D eigenvalue weighted by molar-refractivity contribution is 6.00. The zero-order valence-electron chi connectivity index (χ0n) is 39.8. The van der Waals surface area contributed by atoms with E-state index in [9.17, 15) is 25.4 Å². The lowest BCUT2D eigenvalue weighted by Crippen LogP contribution is -2.78. The Morgan fingerprint density at radius 3 is 2.41 bits per heavy atom. The highest BCUT2D eigenvalue weighted by Crippen LogP contribution is 2.69. The van der Waals surface area contributed by atoms with Gasteiger partial charge in [-0.25, -0.2) is 4.79 Å². The van der Waals surface area contributed by atoms with Crippen molar-refractivity contribution in [2.45, 2.75) is 155 Å². The summed E-state index contributed by atoms with van der Waals surface area (Å²) in [6.45, 7) is 19.0. The highest BCUT2D eigenvalue weighted by atomic mass is 16.8. The van der Waals surface area contributed by atoms with Gasteiger partial charge in [0.15, 0.2) is 22.8 Å². The molecule has 1 aromatic carbocycles. The summed E-state index contributed by atoms with van der Waals surface area (Å²) in [6.07, 6.45) is 4.58. The van der Waals surface area contributed by atoms with Crippen molar-refractivity contribution in [3.8, 4) is 23.3 Å². The molecule has 8 aliphatic rings. The maximum Gasteiger partial charge on any atom is 0.333 e. The van der Waals surface area contributed by atoms with Crippen molar-refractivity contribution >= 4 is 23.6 Å². The van der Waals surface area contributed by atoms with Crippen molar-refractivity contribution in [3.63, 3.8) is 0 Å². The topological polar surface area (TPSA) is 218 Å². The predicted octanol–water partition coefficient (Wildman–Crippen LogP) is 6.38. The number of carbonyl (C=O) groups excluding carboxylic acids is 2. The first-order chi connectivity index (χ1) is 31.0. The van der Waals surface area contributed by atoms with E-state index in [4.69, 9.17) is 43.6 Å². The normalized spacial score (nSPS) is 34.7. The minimum atomic E-state index is -2.31. The van der Waals surface area contributed by atoms with Gasteiger partial charge in [-0.2, -0.15) is 5.26 Å². The summed E-state index contributed by atoms with van der Waals surface area (Å²) in [6, 6.07) is 2.22. The van der Waals surface area contributed by atoms with Crippen LogP contribution in [0.5, 0.6) is 17.2 Å². The third-order valence-corrected chi connectivity index (χ3v) is 14.4. The second-order valence-corrected chi connectivity index (χ2v) is 20.3. The summed E-state index contributed by atoms with van der Waals surface area (Å²) in [5, 5.41) is 47.6. The van der Waals surface area contributed by atoms with Gasteiger partial charge in [0.1, 0.15) is 64.7 Å². The third kappa shape index (κ3) is 7.48. The molecule has 5 fully saturated rings. The number of esters is 1. The number of aliphatic hydroxyl groups is 3. The lowest BCUT2D eigenvalue weighted by atomic mass is 9.43. The Kier molecular flexibility index (Phi) is 12.2. The number of benzene rings is 1. The number of rotatable bonds is 11. The highest BCUT2D eigenvalue weighted by Gasteiger charge is 2.77. The minimum absolute atomic E-state index is 0.0232. The van der Waals surface area contributed by atoms with Gasteiger partial charge in [-0.05, 0) is 99.1 Å². The van der Waals surface area contributed by atoms with Crippen molar-refractivity contribution in [2.75, 3.05) is 13.7 Å². The molecule has 1 spiro atoms. The number of Topliss-reactive ketones (excluding diaryl/α,β-unsaturated/α-hetero) is 1. The predicted molar refractivity (Wildman–Crippen MR) is 241 cm³/mol. The molecular weight excluding hydrogens is 849 g/mol. The minimum Gasteiger partial charge on any atom is -0.482 e. The van der Waals surface area contributed by atoms with Crippen molar-refractivity contribution < 1.29 is 62.8 Å². The fraction of sp³-hybridized carbons (Fsp3) is 0.588. The fourth-order valence-corrected chi connectivity index (χ4v) is 11.0. The lowest BCUT2D eigenvalue weighted by molar-refractivity contribution is -0.373. The van der Waals surface area contributed by atoms with E-state index >= 15 is 4.79 Å². The van der Waals surface area contributed by atoms with Crippen LogP contribution in [0.1, 0.15) is 112 Å². The monoisotopic (exact) mass is 912 g/mol. The van der Waals surface area contributed by atoms with Crippen molar-refractivity contribution in [3.05, 3.63) is 74.7 Å². The summed E-state index contributed by atoms with van der Waals surface area (Å²) in [7, 11) is 1.25. The Morgan fingerprint density at radius 2 is 1.76 bits per heavy atom. The summed E-state index contributed by atoms with van der Waals surface area (Å²) in [4.78, 5) is 28.0. The molecule has 5 heterocycles. The summed E-state index contributed by atoms with van der Waals surface area (Å²) >= 11 is 0. The number of nitrogens with two attached hydrogens (primary N) is 1. The molecule has 2 saturated heterocycles. The van der Waals surface area contributed by atoms with Gasteiger partial charge in [0.2, 0.25) is 12.2 Å². The first kappa shape index (κ1) is 47.5. The van der Waals surface area contributed by atoms with Gasteiger partial charge in [-0.3, -0.25) is 4.79 Å². The molecule has 0 aromatic heterocycles. The number of fused-ring (bicyclic) bond motifs is 6. The Morgan fingerprint density at radius 1 is 1.05 bits per heavy atom. The average Bonchev–Trinajstić information content (AvgIpc) is 3.25. The molecule has 15 heteroatoms.